The average Bonchev–Trinajstić information content (AvgIpc) is 2.37. The van der Waals surface area contributed by atoms with Crippen LogP contribution < -0.4 is 5.32 Å². The first-order valence-electron chi connectivity index (χ1n) is 6.16. The zero-order chi connectivity index (χ0) is 13.8. The lowest BCUT2D eigenvalue weighted by Gasteiger charge is -2.08. The Morgan fingerprint density at radius 3 is 2.42 bits per heavy atom. The first-order chi connectivity index (χ1) is 9.06. The second kappa shape index (κ2) is 5.65. The molecule has 0 aromatic heterocycles. The van der Waals surface area contributed by atoms with Gasteiger partial charge >= 0.3 is 0 Å². The van der Waals surface area contributed by atoms with E-state index in [-0.39, 0.29) is 18.1 Å². The van der Waals surface area contributed by atoms with Gasteiger partial charge in [0.25, 0.3) is 0 Å². The molecule has 0 bridgehead atoms. The molecule has 0 aliphatic carbocycles. The summed E-state index contributed by atoms with van der Waals surface area (Å²) < 4.78 is 12.7. The number of Topliss-reactive ketones (excluding diaryl/α,β-unsaturated/α-hetero) is 1. The minimum Gasteiger partial charge on any atom is -0.378 e. The van der Waals surface area contributed by atoms with Crippen molar-refractivity contribution >= 4 is 11.5 Å². The van der Waals surface area contributed by atoms with Gasteiger partial charge in [0, 0.05) is 11.3 Å². The lowest BCUT2D eigenvalue weighted by Crippen LogP contribution is -2.15. The number of hydrogen-bond donors (Lipinski definition) is 1. The van der Waals surface area contributed by atoms with E-state index >= 15 is 0 Å². The molecule has 0 heterocycles. The van der Waals surface area contributed by atoms with Gasteiger partial charge in [0.05, 0.1) is 6.54 Å². The van der Waals surface area contributed by atoms with Crippen LogP contribution in [0.2, 0.25) is 0 Å². The lowest BCUT2D eigenvalue weighted by atomic mass is 10.0. The monoisotopic (exact) mass is 257 g/mol. The van der Waals surface area contributed by atoms with Gasteiger partial charge in [0.1, 0.15) is 5.82 Å². The summed E-state index contributed by atoms with van der Waals surface area (Å²) in [6.07, 6.45) is 0. The zero-order valence-corrected chi connectivity index (χ0v) is 11.0. The highest BCUT2D eigenvalue weighted by Crippen LogP contribution is 2.13. The quantitative estimate of drug-likeness (QED) is 0.845. The van der Waals surface area contributed by atoms with Gasteiger partial charge in [-0.05, 0) is 43.7 Å². The van der Waals surface area contributed by atoms with Gasteiger partial charge in [-0.1, -0.05) is 23.8 Å². The van der Waals surface area contributed by atoms with E-state index in [9.17, 15) is 9.18 Å². The van der Waals surface area contributed by atoms with E-state index < -0.39 is 0 Å². The molecule has 2 aromatic rings. The SMILES string of the molecule is Cc1ccc(C(=O)CNc2ccc(F)cc2)c(C)c1. The van der Waals surface area contributed by atoms with E-state index in [4.69, 9.17) is 0 Å². The lowest BCUT2D eigenvalue weighted by molar-refractivity contribution is 0.101. The Bertz CT molecular complexity index is 590. The molecule has 0 spiro atoms. The topological polar surface area (TPSA) is 29.1 Å². The van der Waals surface area contributed by atoms with Crippen LogP contribution in [0, 0.1) is 19.7 Å². The van der Waals surface area contributed by atoms with Crippen LogP contribution in [0.4, 0.5) is 10.1 Å². The molecule has 0 atom stereocenters. The fourth-order valence-electron chi connectivity index (χ4n) is 1.97. The van der Waals surface area contributed by atoms with Crippen LogP contribution in [0.1, 0.15) is 21.5 Å². The zero-order valence-electron chi connectivity index (χ0n) is 11.0. The van der Waals surface area contributed by atoms with Gasteiger partial charge in [0.15, 0.2) is 5.78 Å². The number of carbonyl (C=O) groups is 1. The maximum atomic E-state index is 12.7. The summed E-state index contributed by atoms with van der Waals surface area (Å²) in [5, 5.41) is 3.00. The Hall–Kier alpha value is -2.16. The van der Waals surface area contributed by atoms with Crippen LogP contribution in [-0.4, -0.2) is 12.3 Å². The van der Waals surface area contributed by atoms with Gasteiger partial charge in [-0.3, -0.25) is 4.79 Å². The van der Waals surface area contributed by atoms with Crippen molar-refractivity contribution < 1.29 is 9.18 Å². The average molecular weight is 257 g/mol. The first kappa shape index (κ1) is 13.3. The Morgan fingerprint density at radius 2 is 1.79 bits per heavy atom. The summed E-state index contributed by atoms with van der Waals surface area (Å²) in [6, 6.07) is 11.7. The predicted molar refractivity (Wildman–Crippen MR) is 75.1 cm³/mol. The predicted octanol–water partition coefficient (Wildman–Crippen LogP) is 3.74. The van der Waals surface area contributed by atoms with Gasteiger partial charge in [-0.2, -0.15) is 0 Å². The molecule has 19 heavy (non-hydrogen) atoms. The Labute approximate surface area is 112 Å². The molecule has 0 aliphatic rings. The number of benzene rings is 2. The molecule has 2 aromatic carbocycles. The highest BCUT2D eigenvalue weighted by Gasteiger charge is 2.08. The van der Waals surface area contributed by atoms with Crippen LogP contribution in [0.25, 0.3) is 0 Å². The summed E-state index contributed by atoms with van der Waals surface area (Å²) in [6.45, 7) is 4.13. The molecule has 3 heteroatoms. The van der Waals surface area contributed by atoms with Crippen molar-refractivity contribution in [2.45, 2.75) is 13.8 Å². The number of nitrogens with one attached hydrogen (secondary N) is 1. The van der Waals surface area contributed by atoms with E-state index in [0.717, 1.165) is 22.4 Å². The summed E-state index contributed by atoms with van der Waals surface area (Å²) in [5.41, 5.74) is 3.58. The maximum absolute atomic E-state index is 12.7. The standard InChI is InChI=1S/C16H16FNO/c1-11-3-8-15(12(2)9-11)16(19)10-18-14-6-4-13(17)5-7-14/h3-9,18H,10H2,1-2H3. The second-order valence-corrected chi connectivity index (χ2v) is 4.60. The third-order valence-corrected chi connectivity index (χ3v) is 2.98. The molecule has 0 amide bonds. The number of ketones is 1. The summed E-state index contributed by atoms with van der Waals surface area (Å²) in [5.74, 6) is -0.256. The molecular formula is C16H16FNO. The van der Waals surface area contributed by atoms with Gasteiger partial charge in [-0.25, -0.2) is 4.39 Å². The molecule has 0 radical (unpaired) electrons. The number of aryl methyl sites for hydroxylation is 2. The molecular weight excluding hydrogens is 241 g/mol. The minimum absolute atomic E-state index is 0.0295. The van der Waals surface area contributed by atoms with E-state index in [1.165, 1.54) is 12.1 Å². The van der Waals surface area contributed by atoms with Crippen molar-refractivity contribution in [2.24, 2.45) is 0 Å². The Balaban J connectivity index is 2.03. The largest absolute Gasteiger partial charge is 0.378 e. The molecule has 0 saturated heterocycles. The molecule has 2 nitrogen and oxygen atoms in total. The number of rotatable bonds is 4. The Kier molecular flexibility index (Phi) is 3.95. The molecule has 2 rings (SSSR count). The number of hydrogen-bond acceptors (Lipinski definition) is 2. The maximum Gasteiger partial charge on any atom is 0.182 e. The molecule has 98 valence electrons. The fourth-order valence-corrected chi connectivity index (χ4v) is 1.97. The number of halogens is 1. The van der Waals surface area contributed by atoms with Crippen molar-refractivity contribution in [3.05, 3.63) is 65.0 Å². The van der Waals surface area contributed by atoms with Crippen molar-refractivity contribution in [1.29, 1.82) is 0 Å². The van der Waals surface area contributed by atoms with Gasteiger partial charge in [0.2, 0.25) is 0 Å². The van der Waals surface area contributed by atoms with E-state index in [2.05, 4.69) is 5.32 Å². The van der Waals surface area contributed by atoms with Crippen LogP contribution >= 0.6 is 0 Å². The van der Waals surface area contributed by atoms with E-state index in [1.807, 2.05) is 32.0 Å². The third kappa shape index (κ3) is 3.41. The van der Waals surface area contributed by atoms with Crippen molar-refractivity contribution in [3.63, 3.8) is 0 Å². The Morgan fingerprint density at radius 1 is 1.11 bits per heavy atom. The van der Waals surface area contributed by atoms with Gasteiger partial charge in [-0.15, -0.1) is 0 Å². The molecule has 0 aliphatic heterocycles. The molecule has 1 N–H and O–H groups in total. The van der Waals surface area contributed by atoms with Crippen LogP contribution in [-0.2, 0) is 0 Å². The summed E-state index contributed by atoms with van der Waals surface area (Å²) >= 11 is 0. The first-order valence-corrected chi connectivity index (χ1v) is 6.16. The highest BCUT2D eigenvalue weighted by molar-refractivity contribution is 6.00. The van der Waals surface area contributed by atoms with Crippen LogP contribution in [0.5, 0.6) is 0 Å². The van der Waals surface area contributed by atoms with Crippen molar-refractivity contribution in [1.82, 2.24) is 0 Å². The van der Waals surface area contributed by atoms with E-state index in [0.29, 0.717) is 0 Å². The normalized spacial score (nSPS) is 10.3. The number of carbonyl (C=O) groups excluding carboxylic acids is 1. The van der Waals surface area contributed by atoms with E-state index in [1.54, 1.807) is 12.1 Å². The van der Waals surface area contributed by atoms with Crippen LogP contribution in [0.15, 0.2) is 42.5 Å². The smallest absolute Gasteiger partial charge is 0.182 e. The molecule has 0 unspecified atom stereocenters. The fraction of sp³-hybridized carbons (Fsp3) is 0.188. The number of anilines is 1. The van der Waals surface area contributed by atoms with Gasteiger partial charge < -0.3 is 5.32 Å². The summed E-state index contributed by atoms with van der Waals surface area (Å²) in [7, 11) is 0. The van der Waals surface area contributed by atoms with Crippen molar-refractivity contribution in [2.75, 3.05) is 11.9 Å². The van der Waals surface area contributed by atoms with Crippen LogP contribution in [0.3, 0.4) is 0 Å². The molecule has 0 saturated carbocycles. The highest BCUT2D eigenvalue weighted by atomic mass is 19.1. The summed E-state index contributed by atoms with van der Waals surface area (Å²) in [4.78, 5) is 12.1. The van der Waals surface area contributed by atoms with Crippen molar-refractivity contribution in [3.8, 4) is 0 Å². The second-order valence-electron chi connectivity index (χ2n) is 4.60. The molecule has 0 fully saturated rings. The third-order valence-electron chi connectivity index (χ3n) is 2.98. The minimum atomic E-state index is -0.286.